The minimum atomic E-state index is -4.36. The maximum absolute atomic E-state index is 12.6. The number of fused-ring (bicyclic) bond motifs is 1. The van der Waals surface area contributed by atoms with Crippen molar-refractivity contribution in [3.8, 4) is 0 Å². The largest absolute Gasteiger partial charge is 0.431 e. The average molecular weight is 416 g/mol. The van der Waals surface area contributed by atoms with Gasteiger partial charge in [-0.1, -0.05) is 23.9 Å². The molecule has 5 nitrogen and oxygen atoms in total. The highest BCUT2D eigenvalue weighted by Crippen LogP contribution is 2.31. The summed E-state index contributed by atoms with van der Waals surface area (Å²) in [5, 5.41) is 0.310. The number of thioether (sulfide) groups is 1. The van der Waals surface area contributed by atoms with Gasteiger partial charge in [0.25, 0.3) is 5.22 Å². The first-order chi connectivity index (χ1) is 12.6. The molecule has 0 saturated heterocycles. The summed E-state index contributed by atoms with van der Waals surface area (Å²) in [5.74, 6) is 0.369. The summed E-state index contributed by atoms with van der Waals surface area (Å²) < 4.78 is 68.7. The third-order valence-electron chi connectivity index (χ3n) is 3.76. The molecule has 0 aliphatic rings. The highest BCUT2D eigenvalue weighted by Gasteiger charge is 2.29. The second-order valence-corrected chi connectivity index (χ2v) is 8.96. The van der Waals surface area contributed by atoms with E-state index < -0.39 is 21.8 Å². The second-order valence-electron chi connectivity index (χ2n) is 5.88. The van der Waals surface area contributed by atoms with Gasteiger partial charge in [0.15, 0.2) is 5.58 Å². The fourth-order valence-corrected chi connectivity index (χ4v) is 3.97. The topological polar surface area (TPSA) is 63.4 Å². The number of hydrogen-bond acceptors (Lipinski definition) is 5. The lowest BCUT2D eigenvalue weighted by Gasteiger charge is -2.10. The van der Waals surface area contributed by atoms with Crippen LogP contribution in [0.1, 0.15) is 11.1 Å². The molecule has 0 unspecified atom stereocenters. The zero-order valence-corrected chi connectivity index (χ0v) is 16.0. The van der Waals surface area contributed by atoms with Gasteiger partial charge in [0, 0.05) is 19.8 Å². The SMILES string of the molecule is CN(C)S(=O)(=O)c1ccc2oc(SCc3ccc(C(F)(F)F)cc3)nc2c1. The van der Waals surface area contributed by atoms with Crippen LogP contribution in [-0.2, 0) is 22.0 Å². The molecule has 0 bridgehead atoms. The fraction of sp³-hybridized carbons (Fsp3) is 0.235. The Morgan fingerprint density at radius 3 is 2.37 bits per heavy atom. The lowest BCUT2D eigenvalue weighted by molar-refractivity contribution is -0.137. The van der Waals surface area contributed by atoms with Gasteiger partial charge in [-0.3, -0.25) is 0 Å². The summed E-state index contributed by atoms with van der Waals surface area (Å²) in [7, 11) is -0.701. The van der Waals surface area contributed by atoms with Gasteiger partial charge in [-0.15, -0.1) is 0 Å². The maximum atomic E-state index is 12.6. The molecule has 10 heteroatoms. The van der Waals surface area contributed by atoms with Gasteiger partial charge in [-0.05, 0) is 35.9 Å². The highest BCUT2D eigenvalue weighted by atomic mass is 32.2. The predicted octanol–water partition coefficient (Wildman–Crippen LogP) is 4.39. The Labute approximate surface area is 158 Å². The number of halogens is 3. The van der Waals surface area contributed by atoms with Gasteiger partial charge < -0.3 is 4.42 Å². The Bertz CT molecular complexity index is 1060. The van der Waals surface area contributed by atoms with E-state index >= 15 is 0 Å². The molecule has 2 aromatic carbocycles. The molecule has 3 aromatic rings. The highest BCUT2D eigenvalue weighted by molar-refractivity contribution is 7.98. The molecule has 1 aromatic heterocycles. The third-order valence-corrected chi connectivity index (χ3v) is 6.47. The summed E-state index contributed by atoms with van der Waals surface area (Å²) in [6, 6.07) is 9.26. The van der Waals surface area contributed by atoms with Crippen molar-refractivity contribution in [2.75, 3.05) is 14.1 Å². The Balaban J connectivity index is 1.76. The number of oxazole rings is 1. The molecule has 0 radical (unpaired) electrons. The van der Waals surface area contributed by atoms with Gasteiger partial charge in [0.2, 0.25) is 10.0 Å². The lowest BCUT2D eigenvalue weighted by atomic mass is 10.1. The number of benzene rings is 2. The van der Waals surface area contributed by atoms with Gasteiger partial charge in [0.05, 0.1) is 10.5 Å². The molecule has 0 spiro atoms. The summed E-state index contributed by atoms with van der Waals surface area (Å²) in [4.78, 5) is 4.36. The van der Waals surface area contributed by atoms with Crippen LogP contribution in [-0.4, -0.2) is 31.8 Å². The minimum absolute atomic E-state index is 0.104. The van der Waals surface area contributed by atoms with Crippen LogP contribution in [0.5, 0.6) is 0 Å². The predicted molar refractivity (Wildman–Crippen MR) is 95.9 cm³/mol. The Hall–Kier alpha value is -2.04. The number of rotatable bonds is 5. The maximum Gasteiger partial charge on any atom is 0.416 e. The molecule has 144 valence electrons. The number of alkyl halides is 3. The van der Waals surface area contributed by atoms with E-state index in [4.69, 9.17) is 4.42 Å². The number of aromatic nitrogens is 1. The minimum Gasteiger partial charge on any atom is -0.431 e. The smallest absolute Gasteiger partial charge is 0.416 e. The van der Waals surface area contributed by atoms with E-state index in [0.717, 1.165) is 16.4 Å². The molecular formula is C17H15F3N2O3S2. The number of hydrogen-bond donors (Lipinski definition) is 0. The number of nitrogens with zero attached hydrogens (tertiary/aromatic N) is 2. The monoisotopic (exact) mass is 416 g/mol. The van der Waals surface area contributed by atoms with Gasteiger partial charge in [-0.25, -0.2) is 17.7 Å². The van der Waals surface area contributed by atoms with Crippen LogP contribution in [0.15, 0.2) is 57.0 Å². The molecule has 0 aliphatic carbocycles. The van der Waals surface area contributed by atoms with Crippen LogP contribution in [0.25, 0.3) is 11.1 Å². The van der Waals surface area contributed by atoms with Gasteiger partial charge in [-0.2, -0.15) is 13.2 Å². The average Bonchev–Trinajstić information content (AvgIpc) is 3.01. The van der Waals surface area contributed by atoms with E-state index in [1.54, 1.807) is 0 Å². The van der Waals surface area contributed by atoms with Crippen molar-refractivity contribution in [1.29, 1.82) is 0 Å². The Morgan fingerprint density at radius 2 is 1.78 bits per heavy atom. The Kier molecular flexibility index (Phi) is 5.24. The molecule has 0 amide bonds. The Morgan fingerprint density at radius 1 is 1.11 bits per heavy atom. The number of sulfonamides is 1. The first-order valence-corrected chi connectivity index (χ1v) is 10.1. The molecular weight excluding hydrogens is 401 g/mol. The van der Waals surface area contributed by atoms with Crippen LogP contribution in [0.4, 0.5) is 13.2 Å². The molecule has 0 saturated carbocycles. The van der Waals surface area contributed by atoms with Crippen LogP contribution in [0.3, 0.4) is 0 Å². The van der Waals surface area contributed by atoms with Crippen LogP contribution < -0.4 is 0 Å². The first-order valence-electron chi connectivity index (χ1n) is 7.69. The first kappa shape index (κ1) is 19.7. The van der Waals surface area contributed by atoms with Gasteiger partial charge in [0.1, 0.15) is 5.52 Å². The van der Waals surface area contributed by atoms with Crippen molar-refractivity contribution in [1.82, 2.24) is 9.29 Å². The molecule has 0 aliphatic heterocycles. The normalized spacial score (nSPS) is 12.8. The van der Waals surface area contributed by atoms with Crippen molar-refractivity contribution in [2.24, 2.45) is 0 Å². The molecule has 3 rings (SSSR count). The third kappa shape index (κ3) is 4.28. The molecule has 0 fully saturated rings. The standard InChI is InChI=1S/C17H15F3N2O3S2/c1-22(2)27(23,24)13-7-8-15-14(9-13)21-16(25-15)26-10-11-3-5-12(6-4-11)17(18,19)20/h3-9H,10H2,1-2H3. The second kappa shape index (κ2) is 7.17. The summed E-state index contributed by atoms with van der Waals surface area (Å²) in [6.07, 6.45) is -4.36. The zero-order valence-electron chi connectivity index (χ0n) is 14.3. The van der Waals surface area contributed by atoms with Gasteiger partial charge >= 0.3 is 6.18 Å². The van der Waals surface area contributed by atoms with E-state index in [0.29, 0.717) is 27.6 Å². The van der Waals surface area contributed by atoms with Crippen LogP contribution in [0, 0.1) is 0 Å². The lowest BCUT2D eigenvalue weighted by Crippen LogP contribution is -2.22. The van der Waals surface area contributed by atoms with Crippen molar-refractivity contribution in [3.05, 3.63) is 53.6 Å². The molecule has 0 atom stereocenters. The van der Waals surface area contributed by atoms with E-state index in [-0.39, 0.29) is 4.90 Å². The van der Waals surface area contributed by atoms with Crippen molar-refractivity contribution >= 4 is 32.9 Å². The van der Waals surface area contributed by atoms with E-state index in [2.05, 4.69) is 4.98 Å². The fourth-order valence-electron chi connectivity index (χ4n) is 2.25. The molecule has 0 N–H and O–H groups in total. The molecule has 1 heterocycles. The summed E-state index contributed by atoms with van der Waals surface area (Å²) in [5.41, 5.74) is 0.814. The van der Waals surface area contributed by atoms with E-state index in [9.17, 15) is 21.6 Å². The van der Waals surface area contributed by atoms with Crippen molar-refractivity contribution in [3.63, 3.8) is 0 Å². The van der Waals surface area contributed by atoms with Crippen molar-refractivity contribution in [2.45, 2.75) is 22.0 Å². The van der Waals surface area contributed by atoms with Crippen molar-refractivity contribution < 1.29 is 26.0 Å². The van der Waals surface area contributed by atoms with Crippen LogP contribution in [0.2, 0.25) is 0 Å². The molecule has 27 heavy (non-hydrogen) atoms. The van der Waals surface area contributed by atoms with Crippen LogP contribution >= 0.6 is 11.8 Å². The quantitative estimate of drug-likeness (QED) is 0.578. The van der Waals surface area contributed by atoms with E-state index in [1.165, 1.54) is 56.2 Å². The van der Waals surface area contributed by atoms with E-state index in [1.807, 2.05) is 0 Å². The summed E-state index contributed by atoms with van der Waals surface area (Å²) >= 11 is 1.21. The summed E-state index contributed by atoms with van der Waals surface area (Å²) in [6.45, 7) is 0. The zero-order chi connectivity index (χ0) is 19.8.